The summed E-state index contributed by atoms with van der Waals surface area (Å²) < 4.78 is 2.16. The highest BCUT2D eigenvalue weighted by Gasteiger charge is 2.17. The molecule has 2 aromatic rings. The first kappa shape index (κ1) is 14.4. The summed E-state index contributed by atoms with van der Waals surface area (Å²) in [5.41, 5.74) is 8.01. The second-order valence-electron chi connectivity index (χ2n) is 5.82. The van der Waals surface area contributed by atoms with E-state index in [0.29, 0.717) is 6.54 Å². The van der Waals surface area contributed by atoms with E-state index >= 15 is 0 Å². The normalized spacial score (nSPS) is 15.9. The predicted octanol–water partition coefficient (Wildman–Crippen LogP) is 1.37. The summed E-state index contributed by atoms with van der Waals surface area (Å²) in [6, 6.07) is 6.13. The molecule has 5 heteroatoms. The van der Waals surface area contributed by atoms with Crippen molar-refractivity contribution in [1.29, 1.82) is 0 Å². The molecule has 114 valence electrons. The standard InChI is InChI=1S/C16H25N5/c1-19(12-13-20-9-4-5-10-20)16-14(7-8-17)21-11-3-2-6-15(21)18-16/h2-3,6,11H,4-5,7-10,12-13,17H2,1H3. The topological polar surface area (TPSA) is 49.8 Å². The van der Waals surface area contributed by atoms with E-state index in [2.05, 4.69) is 33.5 Å². The average Bonchev–Trinajstić information content (AvgIpc) is 3.13. The Morgan fingerprint density at radius 3 is 2.86 bits per heavy atom. The zero-order chi connectivity index (χ0) is 14.7. The smallest absolute Gasteiger partial charge is 0.150 e. The van der Waals surface area contributed by atoms with Crippen molar-refractivity contribution >= 4 is 11.5 Å². The monoisotopic (exact) mass is 287 g/mol. The quantitative estimate of drug-likeness (QED) is 0.872. The van der Waals surface area contributed by atoms with Crippen LogP contribution in [-0.4, -0.2) is 54.1 Å². The molecule has 2 aromatic heterocycles. The van der Waals surface area contributed by atoms with E-state index in [-0.39, 0.29) is 0 Å². The zero-order valence-electron chi connectivity index (χ0n) is 12.8. The number of fused-ring (bicyclic) bond motifs is 1. The molecule has 1 aliphatic rings. The second kappa shape index (κ2) is 6.45. The van der Waals surface area contributed by atoms with Crippen molar-refractivity contribution in [3.8, 4) is 0 Å². The number of rotatable bonds is 6. The van der Waals surface area contributed by atoms with Gasteiger partial charge in [-0.15, -0.1) is 0 Å². The lowest BCUT2D eigenvalue weighted by atomic mass is 10.3. The molecule has 0 radical (unpaired) electrons. The molecule has 2 N–H and O–H groups in total. The van der Waals surface area contributed by atoms with Gasteiger partial charge in [0.2, 0.25) is 0 Å². The maximum absolute atomic E-state index is 5.79. The van der Waals surface area contributed by atoms with E-state index in [9.17, 15) is 0 Å². The number of likely N-dealkylation sites (tertiary alicyclic amines) is 1. The Kier molecular flexibility index (Phi) is 4.41. The predicted molar refractivity (Wildman–Crippen MR) is 86.9 cm³/mol. The maximum Gasteiger partial charge on any atom is 0.150 e. The Morgan fingerprint density at radius 2 is 2.10 bits per heavy atom. The second-order valence-corrected chi connectivity index (χ2v) is 5.82. The molecule has 21 heavy (non-hydrogen) atoms. The van der Waals surface area contributed by atoms with Crippen molar-refractivity contribution in [2.75, 3.05) is 44.7 Å². The summed E-state index contributed by atoms with van der Waals surface area (Å²) in [5, 5.41) is 0. The van der Waals surface area contributed by atoms with Gasteiger partial charge in [0.1, 0.15) is 5.65 Å². The number of anilines is 1. The molecule has 0 bridgehead atoms. The summed E-state index contributed by atoms with van der Waals surface area (Å²) in [5.74, 6) is 1.07. The summed E-state index contributed by atoms with van der Waals surface area (Å²) in [7, 11) is 2.14. The SMILES string of the molecule is CN(CCN1CCCC1)c1nc2ccccn2c1CCN. The van der Waals surface area contributed by atoms with E-state index in [1.807, 2.05) is 12.1 Å². The maximum atomic E-state index is 5.79. The zero-order valence-corrected chi connectivity index (χ0v) is 12.8. The van der Waals surface area contributed by atoms with Crippen LogP contribution in [0, 0.1) is 0 Å². The Balaban J connectivity index is 1.78. The van der Waals surface area contributed by atoms with Crippen LogP contribution in [0.1, 0.15) is 18.5 Å². The third-order valence-electron chi connectivity index (χ3n) is 4.30. The van der Waals surface area contributed by atoms with Gasteiger partial charge in [0.05, 0.1) is 5.69 Å². The fraction of sp³-hybridized carbons (Fsp3) is 0.562. The van der Waals surface area contributed by atoms with Crippen LogP contribution in [0.4, 0.5) is 5.82 Å². The molecule has 5 nitrogen and oxygen atoms in total. The molecule has 0 amide bonds. The molecule has 0 saturated carbocycles. The third-order valence-corrected chi connectivity index (χ3v) is 4.30. The molecule has 3 heterocycles. The summed E-state index contributed by atoms with van der Waals surface area (Å²) >= 11 is 0. The first-order chi connectivity index (χ1) is 10.3. The van der Waals surface area contributed by atoms with Crippen molar-refractivity contribution in [2.24, 2.45) is 5.73 Å². The minimum absolute atomic E-state index is 0.648. The molecule has 1 saturated heterocycles. The first-order valence-electron chi connectivity index (χ1n) is 7.89. The van der Waals surface area contributed by atoms with Gasteiger partial charge in [0.25, 0.3) is 0 Å². The van der Waals surface area contributed by atoms with E-state index in [0.717, 1.165) is 31.0 Å². The first-order valence-corrected chi connectivity index (χ1v) is 7.89. The van der Waals surface area contributed by atoms with Gasteiger partial charge in [-0.05, 0) is 44.6 Å². The summed E-state index contributed by atoms with van der Waals surface area (Å²) in [6.07, 6.45) is 5.62. The minimum atomic E-state index is 0.648. The molecular weight excluding hydrogens is 262 g/mol. The lowest BCUT2D eigenvalue weighted by Crippen LogP contribution is -2.32. The molecule has 0 aromatic carbocycles. The van der Waals surface area contributed by atoms with E-state index < -0.39 is 0 Å². The van der Waals surface area contributed by atoms with Gasteiger partial charge in [-0.25, -0.2) is 4.98 Å². The van der Waals surface area contributed by atoms with Gasteiger partial charge in [-0.3, -0.25) is 0 Å². The van der Waals surface area contributed by atoms with Gasteiger partial charge < -0.3 is 19.9 Å². The van der Waals surface area contributed by atoms with Crippen molar-refractivity contribution in [3.63, 3.8) is 0 Å². The van der Waals surface area contributed by atoms with Crippen LogP contribution < -0.4 is 10.6 Å². The van der Waals surface area contributed by atoms with Crippen molar-refractivity contribution in [1.82, 2.24) is 14.3 Å². The number of nitrogens with two attached hydrogens (primary N) is 1. The fourth-order valence-corrected chi connectivity index (χ4v) is 3.11. The molecular formula is C16H25N5. The lowest BCUT2D eigenvalue weighted by molar-refractivity contribution is 0.346. The number of hydrogen-bond acceptors (Lipinski definition) is 4. The van der Waals surface area contributed by atoms with Crippen LogP contribution >= 0.6 is 0 Å². The largest absolute Gasteiger partial charge is 0.357 e. The number of imidazole rings is 1. The molecule has 0 aliphatic carbocycles. The Bertz CT molecular complexity index is 585. The number of hydrogen-bond donors (Lipinski definition) is 1. The lowest BCUT2D eigenvalue weighted by Gasteiger charge is -2.22. The fourth-order valence-electron chi connectivity index (χ4n) is 3.11. The van der Waals surface area contributed by atoms with Gasteiger partial charge in [-0.2, -0.15) is 0 Å². The van der Waals surface area contributed by atoms with E-state index in [1.165, 1.54) is 31.6 Å². The number of pyridine rings is 1. The number of aromatic nitrogens is 2. The summed E-state index contributed by atoms with van der Waals surface area (Å²) in [4.78, 5) is 9.60. The van der Waals surface area contributed by atoms with Gasteiger partial charge >= 0.3 is 0 Å². The van der Waals surface area contributed by atoms with Crippen LogP contribution in [0.3, 0.4) is 0 Å². The molecule has 3 rings (SSSR count). The Labute approximate surface area is 126 Å². The van der Waals surface area contributed by atoms with Crippen molar-refractivity contribution in [3.05, 3.63) is 30.1 Å². The van der Waals surface area contributed by atoms with Crippen molar-refractivity contribution in [2.45, 2.75) is 19.3 Å². The van der Waals surface area contributed by atoms with Crippen molar-refractivity contribution < 1.29 is 0 Å². The Morgan fingerprint density at radius 1 is 1.29 bits per heavy atom. The molecule has 1 aliphatic heterocycles. The van der Waals surface area contributed by atoms with Crippen LogP contribution in [0.5, 0.6) is 0 Å². The van der Waals surface area contributed by atoms with Crippen LogP contribution in [0.15, 0.2) is 24.4 Å². The minimum Gasteiger partial charge on any atom is -0.357 e. The molecule has 0 atom stereocenters. The van der Waals surface area contributed by atoms with Crippen LogP contribution in [0.2, 0.25) is 0 Å². The van der Waals surface area contributed by atoms with E-state index in [1.54, 1.807) is 0 Å². The highest BCUT2D eigenvalue weighted by molar-refractivity contribution is 5.55. The molecule has 0 unspecified atom stereocenters. The van der Waals surface area contributed by atoms with Gasteiger partial charge in [-0.1, -0.05) is 6.07 Å². The van der Waals surface area contributed by atoms with Crippen LogP contribution in [-0.2, 0) is 6.42 Å². The number of likely N-dealkylation sites (N-methyl/N-ethyl adjacent to an activating group) is 1. The third kappa shape index (κ3) is 3.04. The van der Waals surface area contributed by atoms with E-state index in [4.69, 9.17) is 10.7 Å². The van der Waals surface area contributed by atoms with Crippen LogP contribution in [0.25, 0.3) is 5.65 Å². The number of nitrogens with zero attached hydrogens (tertiary/aromatic N) is 4. The summed E-state index contributed by atoms with van der Waals surface area (Å²) in [6.45, 7) is 5.27. The van der Waals surface area contributed by atoms with Gasteiger partial charge in [0, 0.05) is 32.8 Å². The highest BCUT2D eigenvalue weighted by atomic mass is 15.2. The average molecular weight is 287 g/mol. The molecule has 1 fully saturated rings. The van der Waals surface area contributed by atoms with Gasteiger partial charge in [0.15, 0.2) is 5.82 Å². The highest BCUT2D eigenvalue weighted by Crippen LogP contribution is 2.21. The Hall–Kier alpha value is -1.59. The molecule has 0 spiro atoms.